The van der Waals surface area contributed by atoms with Crippen molar-refractivity contribution in [1.29, 1.82) is 0 Å². The number of oxazole rings is 1. The predicted molar refractivity (Wildman–Crippen MR) is 77.4 cm³/mol. The third kappa shape index (κ3) is 4.70. The highest BCUT2D eigenvalue weighted by Crippen LogP contribution is 2.09. The summed E-state index contributed by atoms with van der Waals surface area (Å²) in [4.78, 5) is 15.9. The van der Waals surface area contributed by atoms with Crippen molar-refractivity contribution in [2.75, 3.05) is 6.54 Å². The molecule has 0 aliphatic heterocycles. The molecular weight excluding hydrogens is 271 g/mol. The number of benzene rings is 1. The second kappa shape index (κ2) is 7.02. The summed E-state index contributed by atoms with van der Waals surface area (Å²) >= 11 is 0. The van der Waals surface area contributed by atoms with Crippen molar-refractivity contribution in [3.63, 3.8) is 0 Å². The fourth-order valence-electron chi connectivity index (χ4n) is 2.12. The van der Waals surface area contributed by atoms with E-state index in [1.165, 1.54) is 12.1 Å². The number of rotatable bonds is 6. The minimum absolute atomic E-state index is 0.0202. The second-order valence-electron chi connectivity index (χ2n) is 4.97. The number of carbonyl (C=O) groups excluding carboxylic acids is 1. The normalized spacial score (nSPS) is 10.6. The number of amides is 1. The summed E-state index contributed by atoms with van der Waals surface area (Å²) in [6.07, 6.45) is 1.63. The van der Waals surface area contributed by atoms with Gasteiger partial charge in [0.25, 0.3) is 0 Å². The molecule has 0 aliphatic carbocycles. The van der Waals surface area contributed by atoms with E-state index in [1.54, 1.807) is 19.1 Å². The lowest BCUT2D eigenvalue weighted by Gasteiger charge is -2.04. The number of hydrogen-bond acceptors (Lipinski definition) is 3. The van der Waals surface area contributed by atoms with Crippen LogP contribution in [-0.2, 0) is 17.6 Å². The molecule has 1 aromatic heterocycles. The first kappa shape index (κ1) is 15.2. The van der Waals surface area contributed by atoms with E-state index < -0.39 is 0 Å². The van der Waals surface area contributed by atoms with Gasteiger partial charge in [0, 0.05) is 26.3 Å². The first-order valence-electron chi connectivity index (χ1n) is 6.98. The molecule has 0 spiro atoms. The Morgan fingerprint density at radius 2 is 1.95 bits per heavy atom. The van der Waals surface area contributed by atoms with E-state index in [4.69, 9.17) is 4.42 Å². The van der Waals surface area contributed by atoms with Gasteiger partial charge in [0.05, 0.1) is 5.69 Å². The molecule has 5 heteroatoms. The van der Waals surface area contributed by atoms with E-state index in [1.807, 2.05) is 6.92 Å². The summed E-state index contributed by atoms with van der Waals surface area (Å²) in [6.45, 7) is 4.22. The Balaban J connectivity index is 1.70. The lowest BCUT2D eigenvalue weighted by atomic mass is 10.1. The van der Waals surface area contributed by atoms with Crippen molar-refractivity contribution in [3.8, 4) is 0 Å². The van der Waals surface area contributed by atoms with Crippen LogP contribution >= 0.6 is 0 Å². The quantitative estimate of drug-likeness (QED) is 0.890. The predicted octanol–water partition coefficient (Wildman–Crippen LogP) is 2.72. The highest BCUT2D eigenvalue weighted by Gasteiger charge is 2.07. The Morgan fingerprint density at radius 3 is 2.57 bits per heavy atom. The Bertz CT molecular complexity index is 605. The highest BCUT2D eigenvalue weighted by atomic mass is 19.1. The van der Waals surface area contributed by atoms with Crippen LogP contribution in [0.5, 0.6) is 0 Å². The molecule has 2 rings (SSSR count). The van der Waals surface area contributed by atoms with Crippen LogP contribution in [0.2, 0.25) is 0 Å². The maximum Gasteiger partial charge on any atom is 0.220 e. The van der Waals surface area contributed by atoms with Crippen molar-refractivity contribution >= 4 is 5.91 Å². The lowest BCUT2D eigenvalue weighted by molar-refractivity contribution is -0.121. The summed E-state index contributed by atoms with van der Waals surface area (Å²) in [5.41, 5.74) is 1.82. The molecule has 2 aromatic rings. The van der Waals surface area contributed by atoms with Gasteiger partial charge in [-0.2, -0.15) is 0 Å². The zero-order valence-corrected chi connectivity index (χ0v) is 12.3. The minimum atomic E-state index is -0.263. The van der Waals surface area contributed by atoms with Gasteiger partial charge >= 0.3 is 0 Å². The molecule has 1 heterocycles. The van der Waals surface area contributed by atoms with Gasteiger partial charge in [-0.05, 0) is 31.0 Å². The van der Waals surface area contributed by atoms with Crippen LogP contribution in [0.1, 0.15) is 29.3 Å². The summed E-state index contributed by atoms with van der Waals surface area (Å²) in [7, 11) is 0. The Hall–Kier alpha value is -2.17. The Kier molecular flexibility index (Phi) is 5.09. The van der Waals surface area contributed by atoms with Crippen molar-refractivity contribution in [3.05, 3.63) is 53.0 Å². The smallest absolute Gasteiger partial charge is 0.220 e. The van der Waals surface area contributed by atoms with Gasteiger partial charge < -0.3 is 9.73 Å². The SMILES string of the molecule is Cc1nc(C)c(CCNC(=O)CCc2ccc(F)cc2)o1. The maximum atomic E-state index is 12.8. The number of halogens is 1. The molecule has 1 N–H and O–H groups in total. The molecule has 0 fully saturated rings. The minimum Gasteiger partial charge on any atom is -0.446 e. The van der Waals surface area contributed by atoms with E-state index in [-0.39, 0.29) is 11.7 Å². The number of nitrogens with one attached hydrogen (secondary N) is 1. The second-order valence-corrected chi connectivity index (χ2v) is 4.97. The van der Waals surface area contributed by atoms with Crippen LogP contribution in [0.4, 0.5) is 4.39 Å². The number of hydrogen-bond donors (Lipinski definition) is 1. The van der Waals surface area contributed by atoms with Crippen molar-refractivity contribution in [1.82, 2.24) is 10.3 Å². The van der Waals surface area contributed by atoms with Crippen LogP contribution in [0.3, 0.4) is 0 Å². The fourth-order valence-corrected chi connectivity index (χ4v) is 2.12. The molecule has 21 heavy (non-hydrogen) atoms. The monoisotopic (exact) mass is 290 g/mol. The van der Waals surface area contributed by atoms with Crippen molar-refractivity contribution < 1.29 is 13.6 Å². The van der Waals surface area contributed by atoms with Crippen LogP contribution in [-0.4, -0.2) is 17.4 Å². The average molecular weight is 290 g/mol. The lowest BCUT2D eigenvalue weighted by Crippen LogP contribution is -2.25. The van der Waals surface area contributed by atoms with Gasteiger partial charge in [-0.15, -0.1) is 0 Å². The first-order valence-corrected chi connectivity index (χ1v) is 6.98. The number of carbonyl (C=O) groups is 1. The Morgan fingerprint density at radius 1 is 1.24 bits per heavy atom. The van der Waals surface area contributed by atoms with Crippen LogP contribution < -0.4 is 5.32 Å². The maximum absolute atomic E-state index is 12.8. The molecular formula is C16H19FN2O2. The van der Waals surface area contributed by atoms with Gasteiger partial charge in [0.2, 0.25) is 5.91 Å². The van der Waals surface area contributed by atoms with Crippen LogP contribution in [0.15, 0.2) is 28.7 Å². The number of aromatic nitrogens is 1. The molecule has 0 saturated carbocycles. The van der Waals surface area contributed by atoms with Crippen LogP contribution in [0.25, 0.3) is 0 Å². The molecule has 0 unspecified atom stereocenters. The van der Waals surface area contributed by atoms with E-state index in [2.05, 4.69) is 10.3 Å². The largest absolute Gasteiger partial charge is 0.446 e. The van der Waals surface area contributed by atoms with E-state index in [0.717, 1.165) is 17.0 Å². The van der Waals surface area contributed by atoms with Gasteiger partial charge in [-0.3, -0.25) is 4.79 Å². The number of nitrogens with zero attached hydrogens (tertiary/aromatic N) is 1. The van der Waals surface area contributed by atoms with E-state index in [0.29, 0.717) is 31.7 Å². The summed E-state index contributed by atoms with van der Waals surface area (Å²) in [5, 5.41) is 2.85. The molecule has 112 valence electrons. The van der Waals surface area contributed by atoms with E-state index in [9.17, 15) is 9.18 Å². The van der Waals surface area contributed by atoms with Crippen molar-refractivity contribution in [2.45, 2.75) is 33.1 Å². The summed E-state index contributed by atoms with van der Waals surface area (Å²) in [5.74, 6) is 1.17. The van der Waals surface area contributed by atoms with Gasteiger partial charge in [-0.1, -0.05) is 12.1 Å². The highest BCUT2D eigenvalue weighted by molar-refractivity contribution is 5.76. The summed E-state index contributed by atoms with van der Waals surface area (Å²) < 4.78 is 18.2. The van der Waals surface area contributed by atoms with Gasteiger partial charge in [0.15, 0.2) is 5.89 Å². The molecule has 4 nitrogen and oxygen atoms in total. The first-order chi connectivity index (χ1) is 10.0. The zero-order valence-electron chi connectivity index (χ0n) is 12.3. The third-order valence-corrected chi connectivity index (χ3v) is 3.23. The van der Waals surface area contributed by atoms with Gasteiger partial charge in [0.1, 0.15) is 11.6 Å². The molecule has 0 bridgehead atoms. The standard InChI is InChI=1S/C16H19FN2O2/c1-11-15(21-12(2)19-11)9-10-18-16(20)8-5-13-3-6-14(17)7-4-13/h3-4,6-7H,5,8-10H2,1-2H3,(H,18,20). The third-order valence-electron chi connectivity index (χ3n) is 3.23. The molecule has 0 aliphatic rings. The molecule has 0 radical (unpaired) electrons. The topological polar surface area (TPSA) is 55.1 Å². The molecule has 1 amide bonds. The molecule has 0 atom stereocenters. The zero-order chi connectivity index (χ0) is 15.2. The fraction of sp³-hybridized carbons (Fsp3) is 0.375. The summed E-state index contributed by atoms with van der Waals surface area (Å²) in [6, 6.07) is 6.21. The number of aryl methyl sites for hydroxylation is 3. The van der Waals surface area contributed by atoms with Crippen LogP contribution in [0, 0.1) is 19.7 Å². The van der Waals surface area contributed by atoms with Gasteiger partial charge in [-0.25, -0.2) is 9.37 Å². The molecule has 0 saturated heterocycles. The molecule has 1 aromatic carbocycles. The van der Waals surface area contributed by atoms with Crippen molar-refractivity contribution in [2.24, 2.45) is 0 Å². The Labute approximate surface area is 123 Å². The average Bonchev–Trinajstić information content (AvgIpc) is 2.76. The van der Waals surface area contributed by atoms with E-state index >= 15 is 0 Å².